The topological polar surface area (TPSA) is 71.3 Å². The molecular formula is C22H21F3N4O2. The van der Waals surface area contributed by atoms with Crippen LogP contribution in [-0.4, -0.2) is 34.2 Å². The number of hydrogen-bond acceptors (Lipinski definition) is 4. The average Bonchev–Trinajstić information content (AvgIpc) is 3.24. The van der Waals surface area contributed by atoms with Gasteiger partial charge in [0.05, 0.1) is 11.3 Å². The van der Waals surface area contributed by atoms with Crippen LogP contribution in [0.1, 0.15) is 35.8 Å². The molecule has 1 aliphatic rings. The molecule has 0 unspecified atom stereocenters. The van der Waals surface area contributed by atoms with E-state index in [0.717, 1.165) is 17.2 Å². The molecule has 2 aromatic carbocycles. The molecule has 0 aliphatic carbocycles. The van der Waals surface area contributed by atoms with Crippen LogP contribution in [0.15, 0.2) is 53.1 Å². The van der Waals surface area contributed by atoms with E-state index in [2.05, 4.69) is 15.5 Å². The number of aryl methyl sites for hydroxylation is 1. The molecule has 3 aromatic rings. The number of para-hydroxylation sites is 1. The maximum atomic E-state index is 13.1. The Hall–Kier alpha value is -3.36. The minimum atomic E-state index is -4.54. The Kier molecular flexibility index (Phi) is 5.67. The fourth-order valence-corrected chi connectivity index (χ4v) is 3.67. The van der Waals surface area contributed by atoms with E-state index >= 15 is 0 Å². The zero-order chi connectivity index (χ0) is 22.0. The zero-order valence-corrected chi connectivity index (χ0v) is 16.8. The fourth-order valence-electron chi connectivity index (χ4n) is 3.67. The van der Waals surface area contributed by atoms with Gasteiger partial charge in [-0.1, -0.05) is 41.1 Å². The zero-order valence-electron chi connectivity index (χ0n) is 16.8. The molecule has 6 nitrogen and oxygen atoms in total. The van der Waals surface area contributed by atoms with Crippen molar-refractivity contribution in [2.75, 3.05) is 18.4 Å². The lowest BCUT2D eigenvalue weighted by Crippen LogP contribution is -2.40. The lowest BCUT2D eigenvalue weighted by molar-refractivity contribution is -0.136. The average molecular weight is 430 g/mol. The largest absolute Gasteiger partial charge is 0.418 e. The molecule has 4 rings (SSSR count). The van der Waals surface area contributed by atoms with Crippen LogP contribution in [0.3, 0.4) is 0 Å². The van der Waals surface area contributed by atoms with Crippen molar-refractivity contribution in [1.82, 2.24) is 15.0 Å². The fraction of sp³-hybridized carbons (Fsp3) is 0.318. The van der Waals surface area contributed by atoms with Gasteiger partial charge in [0.1, 0.15) is 0 Å². The van der Waals surface area contributed by atoms with E-state index in [4.69, 9.17) is 4.52 Å². The van der Waals surface area contributed by atoms with Crippen LogP contribution in [0.2, 0.25) is 0 Å². The van der Waals surface area contributed by atoms with Crippen molar-refractivity contribution in [1.29, 1.82) is 0 Å². The number of alkyl halides is 3. The van der Waals surface area contributed by atoms with Crippen LogP contribution in [0, 0.1) is 6.92 Å². The summed E-state index contributed by atoms with van der Waals surface area (Å²) in [5.74, 6) is 1.03. The Morgan fingerprint density at radius 3 is 2.58 bits per heavy atom. The number of hydrogen-bond donors (Lipinski definition) is 1. The molecule has 162 valence electrons. The molecule has 0 spiro atoms. The van der Waals surface area contributed by atoms with Crippen molar-refractivity contribution in [2.45, 2.75) is 31.9 Å². The molecule has 1 aromatic heterocycles. The molecule has 0 radical (unpaired) electrons. The summed E-state index contributed by atoms with van der Waals surface area (Å²) in [6, 6.07) is 12.2. The number of urea groups is 1. The SMILES string of the molecule is Cc1cccc(-c2noc(C3CCN(C(=O)Nc4ccccc4C(F)(F)F)CC3)n2)c1. The molecule has 1 fully saturated rings. The Balaban J connectivity index is 1.38. The number of halogens is 3. The molecule has 1 N–H and O–H groups in total. The highest BCUT2D eigenvalue weighted by Gasteiger charge is 2.34. The van der Waals surface area contributed by atoms with Gasteiger partial charge in [-0.05, 0) is 38.0 Å². The molecule has 1 saturated heterocycles. The van der Waals surface area contributed by atoms with Crippen molar-refractivity contribution >= 4 is 11.7 Å². The summed E-state index contributed by atoms with van der Waals surface area (Å²) in [5.41, 5.74) is 0.847. The van der Waals surface area contributed by atoms with Gasteiger partial charge in [-0.2, -0.15) is 18.2 Å². The number of amides is 2. The number of nitrogens with one attached hydrogen (secondary N) is 1. The lowest BCUT2D eigenvalue weighted by atomic mass is 9.97. The summed E-state index contributed by atoms with van der Waals surface area (Å²) in [5, 5.41) is 6.45. The van der Waals surface area contributed by atoms with E-state index < -0.39 is 17.8 Å². The molecule has 1 aliphatic heterocycles. The van der Waals surface area contributed by atoms with Crippen LogP contribution in [-0.2, 0) is 6.18 Å². The van der Waals surface area contributed by atoms with Gasteiger partial charge in [0.2, 0.25) is 11.7 Å². The van der Waals surface area contributed by atoms with Gasteiger partial charge in [0.15, 0.2) is 0 Å². The quantitative estimate of drug-likeness (QED) is 0.598. The van der Waals surface area contributed by atoms with Crippen LogP contribution in [0.25, 0.3) is 11.4 Å². The molecule has 2 heterocycles. The first-order valence-electron chi connectivity index (χ1n) is 9.94. The lowest BCUT2D eigenvalue weighted by Gasteiger charge is -2.30. The van der Waals surface area contributed by atoms with Crippen molar-refractivity contribution < 1.29 is 22.5 Å². The molecule has 0 bridgehead atoms. The smallest absolute Gasteiger partial charge is 0.339 e. The van der Waals surface area contributed by atoms with Crippen LogP contribution >= 0.6 is 0 Å². The molecule has 2 amide bonds. The van der Waals surface area contributed by atoms with Gasteiger partial charge in [0, 0.05) is 24.6 Å². The third-order valence-electron chi connectivity index (χ3n) is 5.32. The second kappa shape index (κ2) is 8.41. The van der Waals surface area contributed by atoms with Gasteiger partial charge in [0.25, 0.3) is 0 Å². The predicted octanol–water partition coefficient (Wildman–Crippen LogP) is 5.48. The molecule has 31 heavy (non-hydrogen) atoms. The second-order valence-electron chi connectivity index (χ2n) is 7.56. The second-order valence-corrected chi connectivity index (χ2v) is 7.56. The third-order valence-corrected chi connectivity index (χ3v) is 5.32. The maximum Gasteiger partial charge on any atom is 0.418 e. The number of carbonyl (C=O) groups excluding carboxylic acids is 1. The van der Waals surface area contributed by atoms with E-state index in [0.29, 0.717) is 37.6 Å². The van der Waals surface area contributed by atoms with Crippen molar-refractivity contribution in [3.05, 3.63) is 65.5 Å². The summed E-state index contributed by atoms with van der Waals surface area (Å²) < 4.78 is 44.9. The number of rotatable bonds is 3. The number of carbonyl (C=O) groups is 1. The van der Waals surface area contributed by atoms with Crippen molar-refractivity contribution in [2.24, 2.45) is 0 Å². The van der Waals surface area contributed by atoms with Crippen LogP contribution < -0.4 is 5.32 Å². The first-order chi connectivity index (χ1) is 14.8. The van der Waals surface area contributed by atoms with Crippen LogP contribution in [0.5, 0.6) is 0 Å². The van der Waals surface area contributed by atoms with E-state index in [-0.39, 0.29) is 11.6 Å². The Morgan fingerprint density at radius 2 is 1.87 bits per heavy atom. The number of nitrogens with zero attached hydrogens (tertiary/aromatic N) is 3. The Morgan fingerprint density at radius 1 is 1.13 bits per heavy atom. The first-order valence-corrected chi connectivity index (χ1v) is 9.94. The van der Waals surface area contributed by atoms with Gasteiger partial charge >= 0.3 is 12.2 Å². The summed E-state index contributed by atoms with van der Waals surface area (Å²) in [6.45, 7) is 2.75. The highest BCUT2D eigenvalue weighted by atomic mass is 19.4. The summed E-state index contributed by atoms with van der Waals surface area (Å²) >= 11 is 0. The summed E-state index contributed by atoms with van der Waals surface area (Å²) in [6.07, 6.45) is -3.36. The maximum absolute atomic E-state index is 13.1. The highest BCUT2D eigenvalue weighted by molar-refractivity contribution is 5.90. The van der Waals surface area contributed by atoms with Crippen molar-refractivity contribution in [3.63, 3.8) is 0 Å². The number of aromatic nitrogens is 2. The normalized spacial score (nSPS) is 15.2. The molecule has 0 saturated carbocycles. The van der Waals surface area contributed by atoms with E-state index in [1.807, 2.05) is 31.2 Å². The van der Waals surface area contributed by atoms with Gasteiger partial charge in [-0.3, -0.25) is 0 Å². The Bertz CT molecular complexity index is 1070. The summed E-state index contributed by atoms with van der Waals surface area (Å²) in [7, 11) is 0. The molecule has 9 heteroatoms. The standard InChI is InChI=1S/C22H21F3N4O2/c1-14-5-4-6-16(13-14)19-27-20(31-28-19)15-9-11-29(12-10-15)21(30)26-18-8-3-2-7-17(18)22(23,24)25/h2-8,13,15H,9-12H2,1H3,(H,26,30). The molecule has 0 atom stereocenters. The number of likely N-dealkylation sites (tertiary alicyclic amines) is 1. The monoisotopic (exact) mass is 430 g/mol. The van der Waals surface area contributed by atoms with Crippen LogP contribution in [0.4, 0.5) is 23.7 Å². The number of benzene rings is 2. The summed E-state index contributed by atoms with van der Waals surface area (Å²) in [4.78, 5) is 18.5. The third kappa shape index (κ3) is 4.70. The van der Waals surface area contributed by atoms with E-state index in [1.54, 1.807) is 0 Å². The molecular weight excluding hydrogens is 409 g/mol. The minimum Gasteiger partial charge on any atom is -0.339 e. The van der Waals surface area contributed by atoms with E-state index in [1.165, 1.54) is 23.1 Å². The minimum absolute atomic E-state index is 0.00225. The highest BCUT2D eigenvalue weighted by Crippen LogP contribution is 2.35. The van der Waals surface area contributed by atoms with E-state index in [9.17, 15) is 18.0 Å². The Labute approximate surface area is 177 Å². The number of piperidine rings is 1. The van der Waals surface area contributed by atoms with Gasteiger partial charge in [-0.15, -0.1) is 0 Å². The number of anilines is 1. The van der Waals surface area contributed by atoms with Gasteiger partial charge in [-0.25, -0.2) is 4.79 Å². The van der Waals surface area contributed by atoms with Gasteiger partial charge < -0.3 is 14.7 Å². The predicted molar refractivity (Wildman–Crippen MR) is 108 cm³/mol. The van der Waals surface area contributed by atoms with Crippen molar-refractivity contribution in [3.8, 4) is 11.4 Å². The first kappa shape index (κ1) is 20.9.